The van der Waals surface area contributed by atoms with E-state index in [9.17, 15) is 20.4 Å². The first-order valence-electron chi connectivity index (χ1n) is 42.4. The van der Waals surface area contributed by atoms with Crippen molar-refractivity contribution in [1.29, 1.82) is 10.5 Å². The Labute approximate surface area is 675 Å². The molecular formula is C93H125N9O8S2. The summed E-state index contributed by atoms with van der Waals surface area (Å²) in [6.45, 7) is 5.73. The summed E-state index contributed by atoms with van der Waals surface area (Å²) >= 11 is 3.16. The number of thiophene rings is 2. The average Bonchev–Trinajstić information content (AvgIpc) is 1.72. The Kier molecular flexibility index (Phi) is 30.4. The monoisotopic (exact) mass is 1560 g/mol. The molecule has 112 heavy (non-hydrogen) atoms. The lowest BCUT2D eigenvalue weighted by Gasteiger charge is -2.46. The number of rotatable bonds is 19. The van der Waals surface area contributed by atoms with Crippen molar-refractivity contribution < 1.29 is 38.3 Å². The summed E-state index contributed by atoms with van der Waals surface area (Å²) in [6.07, 6.45) is 53.1. The number of aryl methyl sites for hydroxylation is 1. The lowest BCUT2D eigenvalue weighted by Crippen LogP contribution is -2.47. The Morgan fingerprint density at radius 2 is 0.741 bits per heavy atom. The minimum absolute atomic E-state index is 0.0205. The number of carbonyl (C=O) groups excluding carboxylic acids is 1. The van der Waals surface area contributed by atoms with Crippen LogP contribution < -0.4 is 16.2 Å². The molecule has 19 heteroatoms. The fourth-order valence-electron chi connectivity index (χ4n) is 21.7. The van der Waals surface area contributed by atoms with Gasteiger partial charge in [0.25, 0.3) is 0 Å². The van der Waals surface area contributed by atoms with Gasteiger partial charge in [0.2, 0.25) is 0 Å². The molecule has 0 amide bonds. The first-order chi connectivity index (χ1) is 54.8. The van der Waals surface area contributed by atoms with Crippen LogP contribution in [0.15, 0.2) is 145 Å². The summed E-state index contributed by atoms with van der Waals surface area (Å²) in [4.78, 5) is 35.3. The van der Waals surface area contributed by atoms with E-state index in [-0.39, 0.29) is 61.7 Å². The zero-order valence-electron chi connectivity index (χ0n) is 66.9. The molecule has 0 aromatic carbocycles. The number of nitrogens with two attached hydrogens (primary N) is 2. The van der Waals surface area contributed by atoms with E-state index in [0.717, 1.165) is 179 Å². The molecule has 5 aliphatic carbocycles. The van der Waals surface area contributed by atoms with Crippen LogP contribution in [0.2, 0.25) is 0 Å². The van der Waals surface area contributed by atoms with Gasteiger partial charge in [0.15, 0.2) is 6.29 Å². The molecule has 7 aromatic rings. The van der Waals surface area contributed by atoms with Crippen LogP contribution in [0.4, 0.5) is 0 Å². The van der Waals surface area contributed by atoms with Crippen LogP contribution in [0.5, 0.6) is 5.75 Å². The normalized spacial score (nSPS) is 26.6. The van der Waals surface area contributed by atoms with Crippen molar-refractivity contribution in [3.05, 3.63) is 189 Å². The molecule has 5 saturated heterocycles. The van der Waals surface area contributed by atoms with Gasteiger partial charge in [-0.2, -0.15) is 10.5 Å². The summed E-state index contributed by atoms with van der Waals surface area (Å²) in [5.41, 5.74) is 19.4. The van der Waals surface area contributed by atoms with E-state index < -0.39 is 0 Å². The Morgan fingerprint density at radius 1 is 0.429 bits per heavy atom. The van der Waals surface area contributed by atoms with E-state index in [1.807, 2.05) is 78.8 Å². The fraction of sp³-hybridized carbons (Fsp3) is 0.613. The van der Waals surface area contributed by atoms with Crippen molar-refractivity contribution >= 4 is 29.0 Å². The highest BCUT2D eigenvalue weighted by Crippen LogP contribution is 2.55. The van der Waals surface area contributed by atoms with Crippen LogP contribution in [0.25, 0.3) is 0 Å². The van der Waals surface area contributed by atoms with Crippen LogP contribution in [-0.4, -0.2) is 118 Å². The minimum Gasteiger partial charge on any atom is -0.495 e. The molecule has 17 rings (SSSR count). The van der Waals surface area contributed by atoms with E-state index in [1.54, 1.807) is 24.5 Å². The van der Waals surface area contributed by atoms with Gasteiger partial charge in [-0.05, 0) is 263 Å². The largest absolute Gasteiger partial charge is 0.495 e. The summed E-state index contributed by atoms with van der Waals surface area (Å²) in [5, 5.41) is 31.9. The van der Waals surface area contributed by atoms with Gasteiger partial charge in [-0.15, -0.1) is 22.7 Å². The smallest absolute Gasteiger partial charge is 0.163 e. The second kappa shape index (κ2) is 40.2. The zero-order chi connectivity index (χ0) is 78.0. The highest BCUT2D eigenvalue weighted by molar-refractivity contribution is 7.12. The van der Waals surface area contributed by atoms with Gasteiger partial charge in [0.1, 0.15) is 10.6 Å². The van der Waals surface area contributed by atoms with Gasteiger partial charge >= 0.3 is 0 Å². The van der Waals surface area contributed by atoms with Crippen LogP contribution >= 0.6 is 22.7 Å². The van der Waals surface area contributed by atoms with Crippen LogP contribution in [-0.2, 0) is 63.8 Å². The summed E-state index contributed by atoms with van der Waals surface area (Å²) < 4.78 is 35.8. The third kappa shape index (κ3) is 20.7. The summed E-state index contributed by atoms with van der Waals surface area (Å²) in [6, 6.07) is 39.6. The molecule has 7 aromatic heterocycles. The Bertz CT molecular complexity index is 3840. The molecule has 0 bridgehead atoms. The van der Waals surface area contributed by atoms with Crippen molar-refractivity contribution in [2.24, 2.45) is 11.5 Å². The third-order valence-corrected chi connectivity index (χ3v) is 29.1. The first kappa shape index (κ1) is 84.7. The first-order valence-corrected chi connectivity index (χ1v) is 44.2. The van der Waals surface area contributed by atoms with Crippen molar-refractivity contribution in [1.82, 2.24) is 24.9 Å². The molecule has 5 atom stereocenters. The van der Waals surface area contributed by atoms with Gasteiger partial charge < -0.3 is 45.0 Å². The second-order valence-corrected chi connectivity index (χ2v) is 36.2. The molecule has 5 spiro atoms. The molecule has 12 heterocycles. The van der Waals surface area contributed by atoms with Gasteiger partial charge in [-0.25, -0.2) is 0 Å². The maximum absolute atomic E-state index is 10.2. The maximum atomic E-state index is 10.2. The summed E-state index contributed by atoms with van der Waals surface area (Å²) in [5.74, 6) is 0.662. The van der Waals surface area contributed by atoms with Crippen molar-refractivity contribution in [3.8, 4) is 17.9 Å². The molecule has 5 saturated carbocycles. The van der Waals surface area contributed by atoms with Gasteiger partial charge in [-0.1, -0.05) is 101 Å². The number of aromatic nitrogens is 5. The van der Waals surface area contributed by atoms with Gasteiger partial charge in [0.05, 0.1) is 53.9 Å². The zero-order valence-corrected chi connectivity index (χ0v) is 68.5. The van der Waals surface area contributed by atoms with E-state index in [1.165, 1.54) is 155 Å². The number of methoxy groups -OCH3 is 1. The van der Waals surface area contributed by atoms with Crippen LogP contribution in [0, 0.1) is 22.7 Å². The number of pyridine rings is 5. The Balaban J connectivity index is 0.000000127. The lowest BCUT2D eigenvalue weighted by molar-refractivity contribution is -0.105. The molecule has 10 aliphatic rings. The standard InChI is InChI=1S/C23H31NO2S.2C16H24N2O.2C16H20N2O.C6H6O2S/c25-17-19-9-16-27-20(19)7-1-3-10-22(21-8-2-6-14-24-21)13-15-26-23(18-22)11-4-5-12-23;4*17-10-8-15(14-5-1-4-11-18-14)9-12-19-16(13-15)6-2-3-7-16;1-8-5-2-3-9-6(5)4-7/h2,6,8-9,14,16,25H,1,3-5,7,10-13,15,17-18H2;2*1,4-5,11H,2-3,6-10,12-13,17H2;2*1,4-5,11H,2-3,6-9,12-13H2;2-4H,1H3/t22-;3*15-;;/m1111../s1. The van der Waals surface area contributed by atoms with E-state index in [4.69, 9.17) is 44.9 Å². The second-order valence-electron chi connectivity index (χ2n) is 34.3. The van der Waals surface area contributed by atoms with Crippen molar-refractivity contribution in [2.45, 2.75) is 306 Å². The number of aldehydes is 1. The predicted octanol–water partition coefficient (Wildman–Crippen LogP) is 19.3. The molecule has 10 fully saturated rings. The number of carbonyl (C=O) groups is 1. The topological polar surface area (TPSA) is 257 Å². The number of unbranched alkanes of at least 4 members (excludes halogenated alkanes) is 1. The highest BCUT2D eigenvalue weighted by atomic mass is 32.1. The Hall–Kier alpha value is -6.72. The number of hydrogen-bond donors (Lipinski definition) is 3. The Morgan fingerprint density at radius 3 is 1.03 bits per heavy atom. The van der Waals surface area contributed by atoms with Gasteiger partial charge in [0, 0.05) is 137 Å². The van der Waals surface area contributed by atoms with E-state index >= 15 is 0 Å². The number of ether oxygens (including phenoxy) is 6. The number of hydrogen-bond acceptors (Lipinski definition) is 19. The molecule has 1 unspecified atom stereocenters. The lowest BCUT2D eigenvalue weighted by atomic mass is 9.67. The SMILES string of the molecule is COc1ccsc1C=O.N#CCC1(c2ccccn2)CCOC2(CCCC2)C1.N#CC[C@@]1(c2ccccn2)CCOC2(CCCC2)C1.NCC[C@@]1(c2ccccn2)CCOC2(CCCC2)C1.NCC[C@@]1(c2ccccn2)CCOC2(CCCC2)C1.OCc1ccsc1CCCC[C@@]1(c2ccccn2)CCOC2(CCCC2)C1. The molecule has 5 N–H and O–H groups in total. The van der Waals surface area contributed by atoms with E-state index in [0.29, 0.717) is 23.5 Å². The van der Waals surface area contributed by atoms with Crippen molar-refractivity contribution in [2.75, 3.05) is 53.2 Å². The molecular weight excluding hydrogens is 1440 g/mol. The number of nitrogens with zero attached hydrogens (tertiary/aromatic N) is 7. The van der Waals surface area contributed by atoms with Crippen LogP contribution in [0.3, 0.4) is 0 Å². The third-order valence-electron chi connectivity index (χ3n) is 27.2. The average molecular weight is 1560 g/mol. The quantitative estimate of drug-likeness (QED) is 0.0502. The van der Waals surface area contributed by atoms with Crippen molar-refractivity contribution in [3.63, 3.8) is 0 Å². The number of aliphatic hydroxyl groups excluding tert-OH is 1. The highest BCUT2D eigenvalue weighted by Gasteiger charge is 2.53. The molecule has 5 aliphatic heterocycles. The minimum atomic E-state index is -0.0986. The number of aliphatic hydroxyl groups is 1. The molecule has 0 radical (unpaired) electrons. The molecule has 17 nitrogen and oxygen atoms in total. The molecule has 602 valence electrons. The predicted molar refractivity (Wildman–Crippen MR) is 443 cm³/mol. The van der Waals surface area contributed by atoms with Crippen LogP contribution in [0.1, 0.15) is 286 Å². The summed E-state index contributed by atoms with van der Waals surface area (Å²) in [7, 11) is 1.55. The van der Waals surface area contributed by atoms with E-state index in [2.05, 4.69) is 92.1 Å². The fourth-order valence-corrected chi connectivity index (χ4v) is 23.3. The maximum Gasteiger partial charge on any atom is 0.163 e. The van der Waals surface area contributed by atoms with Gasteiger partial charge in [-0.3, -0.25) is 29.7 Å². The number of nitriles is 2.